The lowest BCUT2D eigenvalue weighted by Gasteiger charge is -2.15. The number of para-hydroxylation sites is 1. The summed E-state index contributed by atoms with van der Waals surface area (Å²) in [6.07, 6.45) is 0. The van der Waals surface area contributed by atoms with Crippen molar-refractivity contribution in [2.45, 2.75) is 0 Å². The second kappa shape index (κ2) is 6.07. The average Bonchev–Trinajstić information content (AvgIpc) is 2.62. The van der Waals surface area contributed by atoms with Gasteiger partial charge in [-0.1, -0.05) is 41.9 Å². The van der Waals surface area contributed by atoms with Crippen molar-refractivity contribution in [1.29, 1.82) is 0 Å². The molecule has 25 heavy (non-hydrogen) atoms. The lowest BCUT2D eigenvalue weighted by atomic mass is 10.1. The Morgan fingerprint density at radius 1 is 0.920 bits per heavy atom. The van der Waals surface area contributed by atoms with Crippen molar-refractivity contribution in [1.82, 2.24) is 9.55 Å². The van der Waals surface area contributed by atoms with Gasteiger partial charge in [-0.25, -0.2) is 4.98 Å². The van der Waals surface area contributed by atoms with Crippen molar-refractivity contribution in [3.63, 3.8) is 0 Å². The fraction of sp³-hybridized carbons (Fsp3) is 0. The molecule has 1 N–H and O–H groups in total. The molecule has 0 bridgehead atoms. The molecule has 0 atom stereocenters. The molecule has 0 saturated heterocycles. The summed E-state index contributed by atoms with van der Waals surface area (Å²) in [5.74, 6) is 0.502. The van der Waals surface area contributed by atoms with E-state index in [0.29, 0.717) is 33.0 Å². The van der Waals surface area contributed by atoms with Gasteiger partial charge in [-0.3, -0.25) is 9.36 Å². The lowest BCUT2D eigenvalue weighted by Crippen LogP contribution is -2.22. The Kier molecular flexibility index (Phi) is 3.75. The van der Waals surface area contributed by atoms with Crippen LogP contribution in [0.2, 0.25) is 5.02 Å². The maximum atomic E-state index is 13.1. The summed E-state index contributed by atoms with van der Waals surface area (Å²) < 4.78 is 1.48. The molecule has 0 aliphatic carbocycles. The van der Waals surface area contributed by atoms with Crippen LogP contribution in [-0.2, 0) is 0 Å². The summed E-state index contributed by atoms with van der Waals surface area (Å²) in [5.41, 5.74) is 1.55. The minimum Gasteiger partial charge on any atom is -0.508 e. The zero-order valence-electron chi connectivity index (χ0n) is 13.1. The largest absolute Gasteiger partial charge is 0.508 e. The predicted octanol–water partition coefficient (Wildman–Crippen LogP) is 4.41. The van der Waals surface area contributed by atoms with Crippen molar-refractivity contribution >= 4 is 22.5 Å². The van der Waals surface area contributed by atoms with Crippen LogP contribution in [-0.4, -0.2) is 14.7 Å². The number of phenolic OH excluding ortho intramolecular Hbond substituents is 1. The number of phenols is 1. The highest BCUT2D eigenvalue weighted by molar-refractivity contribution is 6.33. The van der Waals surface area contributed by atoms with Gasteiger partial charge in [0.2, 0.25) is 0 Å². The molecular formula is C20H13ClN2O2. The molecule has 0 unspecified atom stereocenters. The Hall–Kier alpha value is -3.11. The van der Waals surface area contributed by atoms with Crippen LogP contribution >= 0.6 is 11.6 Å². The van der Waals surface area contributed by atoms with E-state index in [0.717, 1.165) is 0 Å². The first-order valence-corrected chi connectivity index (χ1v) is 8.09. The number of fused-ring (bicyclic) bond motifs is 1. The van der Waals surface area contributed by atoms with Crippen LogP contribution in [0.3, 0.4) is 0 Å². The average molecular weight is 349 g/mol. The van der Waals surface area contributed by atoms with Crippen LogP contribution in [0.25, 0.3) is 28.0 Å². The molecule has 5 heteroatoms. The smallest absolute Gasteiger partial charge is 0.266 e. The van der Waals surface area contributed by atoms with Gasteiger partial charge in [-0.2, -0.15) is 0 Å². The second-order valence-corrected chi connectivity index (χ2v) is 6.00. The molecule has 122 valence electrons. The van der Waals surface area contributed by atoms with E-state index in [1.807, 2.05) is 24.3 Å². The third kappa shape index (κ3) is 2.66. The molecule has 0 fully saturated rings. The van der Waals surface area contributed by atoms with E-state index in [1.54, 1.807) is 42.5 Å². The Balaban J connectivity index is 2.16. The number of nitrogens with zero attached hydrogens (tertiary/aromatic N) is 2. The number of aromatic hydroxyl groups is 1. The van der Waals surface area contributed by atoms with Crippen molar-refractivity contribution in [2.75, 3.05) is 0 Å². The molecule has 0 radical (unpaired) electrons. The van der Waals surface area contributed by atoms with Crippen molar-refractivity contribution in [2.24, 2.45) is 0 Å². The lowest BCUT2D eigenvalue weighted by molar-refractivity contribution is 0.475. The van der Waals surface area contributed by atoms with E-state index in [4.69, 9.17) is 11.6 Å². The number of hydrogen-bond donors (Lipinski definition) is 1. The van der Waals surface area contributed by atoms with E-state index >= 15 is 0 Å². The number of benzene rings is 3. The van der Waals surface area contributed by atoms with Crippen LogP contribution in [0.15, 0.2) is 77.6 Å². The van der Waals surface area contributed by atoms with Gasteiger partial charge in [0.05, 0.1) is 21.6 Å². The SMILES string of the molecule is O=c1c2ccccc2nc(-c2ccccc2Cl)n1-c1cccc(O)c1. The van der Waals surface area contributed by atoms with E-state index in [-0.39, 0.29) is 11.3 Å². The van der Waals surface area contributed by atoms with Crippen LogP contribution < -0.4 is 5.56 Å². The van der Waals surface area contributed by atoms with Gasteiger partial charge in [0.15, 0.2) is 0 Å². The van der Waals surface area contributed by atoms with Crippen molar-refractivity contribution in [3.8, 4) is 22.8 Å². The van der Waals surface area contributed by atoms with Gasteiger partial charge >= 0.3 is 0 Å². The molecule has 0 amide bonds. The highest BCUT2D eigenvalue weighted by Crippen LogP contribution is 2.29. The molecule has 0 aliphatic rings. The molecule has 4 nitrogen and oxygen atoms in total. The molecule has 0 aliphatic heterocycles. The maximum absolute atomic E-state index is 13.1. The quantitative estimate of drug-likeness (QED) is 0.583. The van der Waals surface area contributed by atoms with Crippen LogP contribution in [0, 0.1) is 0 Å². The topological polar surface area (TPSA) is 55.1 Å². The zero-order valence-corrected chi connectivity index (χ0v) is 13.8. The molecule has 1 heterocycles. The van der Waals surface area contributed by atoms with Gasteiger partial charge in [0.1, 0.15) is 11.6 Å². The normalized spacial score (nSPS) is 10.9. The molecule has 3 aromatic carbocycles. The molecule has 4 aromatic rings. The minimum absolute atomic E-state index is 0.0719. The van der Waals surface area contributed by atoms with Gasteiger partial charge in [0.25, 0.3) is 5.56 Å². The summed E-state index contributed by atoms with van der Waals surface area (Å²) in [4.78, 5) is 17.8. The highest BCUT2D eigenvalue weighted by atomic mass is 35.5. The number of aromatic nitrogens is 2. The van der Waals surface area contributed by atoms with Crippen LogP contribution in [0.5, 0.6) is 5.75 Å². The summed E-state index contributed by atoms with van der Waals surface area (Å²) in [6.45, 7) is 0. The summed E-state index contributed by atoms with van der Waals surface area (Å²) >= 11 is 6.35. The van der Waals surface area contributed by atoms with Gasteiger partial charge < -0.3 is 5.11 Å². The highest BCUT2D eigenvalue weighted by Gasteiger charge is 2.16. The van der Waals surface area contributed by atoms with Crippen molar-refractivity contribution in [3.05, 3.63) is 88.2 Å². The second-order valence-electron chi connectivity index (χ2n) is 5.59. The zero-order chi connectivity index (χ0) is 17.4. The first-order chi connectivity index (χ1) is 12.1. The Morgan fingerprint density at radius 2 is 1.68 bits per heavy atom. The van der Waals surface area contributed by atoms with Crippen LogP contribution in [0.4, 0.5) is 0 Å². The summed E-state index contributed by atoms with van der Waals surface area (Å²) in [7, 11) is 0. The molecule has 0 spiro atoms. The molecule has 0 saturated carbocycles. The number of halogens is 1. The first-order valence-electron chi connectivity index (χ1n) is 7.71. The standard InChI is InChI=1S/C20H13ClN2O2/c21-17-10-3-1-8-15(17)19-22-18-11-4-2-9-16(18)20(25)23(19)13-6-5-7-14(24)12-13/h1-12,24H. The molecule has 1 aromatic heterocycles. The number of rotatable bonds is 2. The molecule has 4 rings (SSSR count). The monoisotopic (exact) mass is 348 g/mol. The van der Waals surface area contributed by atoms with E-state index in [9.17, 15) is 9.90 Å². The maximum Gasteiger partial charge on any atom is 0.266 e. The Labute approximate surface area is 148 Å². The van der Waals surface area contributed by atoms with Gasteiger partial charge in [-0.05, 0) is 36.4 Å². The van der Waals surface area contributed by atoms with Crippen LogP contribution in [0.1, 0.15) is 0 Å². The van der Waals surface area contributed by atoms with E-state index in [2.05, 4.69) is 4.98 Å². The number of hydrogen-bond acceptors (Lipinski definition) is 3. The van der Waals surface area contributed by atoms with Crippen molar-refractivity contribution < 1.29 is 5.11 Å². The van der Waals surface area contributed by atoms with Gasteiger partial charge in [-0.15, -0.1) is 0 Å². The van der Waals surface area contributed by atoms with E-state index in [1.165, 1.54) is 10.6 Å². The van der Waals surface area contributed by atoms with E-state index < -0.39 is 0 Å². The predicted molar refractivity (Wildman–Crippen MR) is 99.5 cm³/mol. The fourth-order valence-corrected chi connectivity index (χ4v) is 3.05. The van der Waals surface area contributed by atoms with Gasteiger partial charge in [0, 0.05) is 11.6 Å². The summed E-state index contributed by atoms with van der Waals surface area (Å²) in [5, 5.41) is 10.8. The third-order valence-corrected chi connectivity index (χ3v) is 4.31. The Morgan fingerprint density at radius 3 is 2.48 bits per heavy atom. The minimum atomic E-state index is -0.217. The third-order valence-electron chi connectivity index (χ3n) is 3.98. The Bertz CT molecular complexity index is 1150. The summed E-state index contributed by atoms with van der Waals surface area (Å²) in [6, 6.07) is 20.9. The molecular weight excluding hydrogens is 336 g/mol. The first kappa shape index (κ1) is 15.4. The fourth-order valence-electron chi connectivity index (χ4n) is 2.83.